The number of benzene rings is 2. The molecule has 4 saturated heterocycles. The SMILES string of the molecule is CC(C)N1CCN(C(=O)c2ccc(NC(=O)Nc3ccc(-c4nc(N5CC6CCC(C5)O6)nc(N5CCOCC5C)n4)cc3)cc2)CC1. The molecule has 13 heteroatoms. The molecule has 0 aliphatic carbocycles. The molecule has 5 heterocycles. The van der Waals surface area contributed by atoms with Crippen molar-refractivity contribution in [3.8, 4) is 11.4 Å². The number of urea groups is 1. The molecule has 0 radical (unpaired) electrons. The molecule has 0 spiro atoms. The lowest BCUT2D eigenvalue weighted by Gasteiger charge is -2.37. The summed E-state index contributed by atoms with van der Waals surface area (Å²) in [5.41, 5.74) is 2.67. The zero-order valence-electron chi connectivity index (χ0n) is 28.0. The van der Waals surface area contributed by atoms with Gasteiger partial charge in [-0.05, 0) is 82.1 Å². The smallest absolute Gasteiger partial charge is 0.323 e. The molecular formula is C35H45N9O4. The van der Waals surface area contributed by atoms with Gasteiger partial charge in [-0.1, -0.05) is 0 Å². The summed E-state index contributed by atoms with van der Waals surface area (Å²) in [5, 5.41) is 5.75. The number of carbonyl (C=O) groups is 2. The first-order valence-corrected chi connectivity index (χ1v) is 17.1. The molecule has 2 aromatic carbocycles. The van der Waals surface area contributed by atoms with Crippen molar-refractivity contribution in [2.45, 2.75) is 57.9 Å². The molecule has 2 N–H and O–H groups in total. The summed E-state index contributed by atoms with van der Waals surface area (Å²) in [7, 11) is 0. The lowest BCUT2D eigenvalue weighted by atomic mass is 10.1. The van der Waals surface area contributed by atoms with Crippen LogP contribution in [0.5, 0.6) is 0 Å². The number of hydrogen-bond acceptors (Lipinski definition) is 10. The molecule has 13 nitrogen and oxygen atoms in total. The first-order chi connectivity index (χ1) is 23.3. The Kier molecular flexibility index (Phi) is 9.42. The van der Waals surface area contributed by atoms with Crippen LogP contribution in [0.2, 0.25) is 0 Å². The fraction of sp³-hybridized carbons (Fsp3) is 0.514. The van der Waals surface area contributed by atoms with Gasteiger partial charge < -0.3 is 34.8 Å². The van der Waals surface area contributed by atoms with Gasteiger partial charge in [0, 0.05) is 74.4 Å². The van der Waals surface area contributed by atoms with Crippen LogP contribution >= 0.6 is 0 Å². The normalized spacial score (nSPS) is 23.0. The minimum Gasteiger partial charge on any atom is -0.377 e. The van der Waals surface area contributed by atoms with E-state index in [0.717, 1.165) is 57.7 Å². The summed E-state index contributed by atoms with van der Waals surface area (Å²) in [6.45, 7) is 13.2. The predicted molar refractivity (Wildman–Crippen MR) is 185 cm³/mol. The average molecular weight is 656 g/mol. The van der Waals surface area contributed by atoms with Crippen molar-refractivity contribution in [3.05, 3.63) is 54.1 Å². The number of amides is 3. The third-order valence-corrected chi connectivity index (χ3v) is 9.69. The molecule has 7 rings (SSSR count). The van der Waals surface area contributed by atoms with Gasteiger partial charge in [-0.3, -0.25) is 9.69 Å². The lowest BCUT2D eigenvalue weighted by molar-refractivity contribution is 0.0299. The first-order valence-electron chi connectivity index (χ1n) is 17.1. The van der Waals surface area contributed by atoms with E-state index in [1.807, 2.05) is 29.2 Å². The maximum absolute atomic E-state index is 13.0. The van der Waals surface area contributed by atoms with Crippen LogP contribution in [0.3, 0.4) is 0 Å². The lowest BCUT2D eigenvalue weighted by Crippen LogP contribution is -2.50. The Hall–Kier alpha value is -4.33. The number of carbonyl (C=O) groups excluding carboxylic acids is 2. The molecule has 48 heavy (non-hydrogen) atoms. The number of nitrogens with zero attached hydrogens (tertiary/aromatic N) is 7. The van der Waals surface area contributed by atoms with Crippen LogP contribution in [0.25, 0.3) is 11.4 Å². The Balaban J connectivity index is 0.999. The monoisotopic (exact) mass is 655 g/mol. The number of rotatable bonds is 7. The van der Waals surface area contributed by atoms with E-state index in [1.165, 1.54) is 0 Å². The van der Waals surface area contributed by atoms with Crippen LogP contribution in [0.15, 0.2) is 48.5 Å². The van der Waals surface area contributed by atoms with E-state index in [4.69, 9.17) is 24.4 Å². The molecule has 254 valence electrons. The third-order valence-electron chi connectivity index (χ3n) is 9.69. The summed E-state index contributed by atoms with van der Waals surface area (Å²) in [4.78, 5) is 49.3. The highest BCUT2D eigenvalue weighted by molar-refractivity contribution is 6.00. The zero-order chi connectivity index (χ0) is 33.2. The van der Waals surface area contributed by atoms with Gasteiger partial charge in [0.2, 0.25) is 11.9 Å². The Morgan fingerprint density at radius 1 is 0.812 bits per heavy atom. The van der Waals surface area contributed by atoms with E-state index in [0.29, 0.717) is 60.5 Å². The summed E-state index contributed by atoms with van der Waals surface area (Å²) in [6, 6.07) is 14.8. The number of hydrogen-bond donors (Lipinski definition) is 2. The van der Waals surface area contributed by atoms with Crippen molar-refractivity contribution in [2.24, 2.45) is 0 Å². The van der Waals surface area contributed by atoms with Gasteiger partial charge >= 0.3 is 6.03 Å². The Morgan fingerprint density at radius 3 is 2.06 bits per heavy atom. The van der Waals surface area contributed by atoms with E-state index in [-0.39, 0.29) is 30.2 Å². The Morgan fingerprint density at radius 2 is 1.44 bits per heavy atom. The number of anilines is 4. The molecular weight excluding hydrogens is 610 g/mol. The van der Waals surface area contributed by atoms with E-state index in [9.17, 15) is 9.59 Å². The molecule has 4 aliphatic rings. The number of fused-ring (bicyclic) bond motifs is 2. The van der Waals surface area contributed by atoms with Crippen molar-refractivity contribution in [2.75, 3.05) is 79.5 Å². The molecule has 1 aromatic heterocycles. The fourth-order valence-corrected chi connectivity index (χ4v) is 6.87. The van der Waals surface area contributed by atoms with Gasteiger partial charge in [-0.2, -0.15) is 15.0 Å². The van der Waals surface area contributed by atoms with Crippen LogP contribution in [-0.2, 0) is 9.47 Å². The fourth-order valence-electron chi connectivity index (χ4n) is 6.87. The first kappa shape index (κ1) is 32.2. The van der Waals surface area contributed by atoms with Crippen molar-refractivity contribution in [1.82, 2.24) is 24.8 Å². The van der Waals surface area contributed by atoms with Gasteiger partial charge in [-0.25, -0.2) is 4.79 Å². The Bertz CT molecular complexity index is 1580. The van der Waals surface area contributed by atoms with Gasteiger partial charge in [-0.15, -0.1) is 0 Å². The number of ether oxygens (including phenoxy) is 2. The second-order valence-corrected chi connectivity index (χ2v) is 13.4. The van der Waals surface area contributed by atoms with E-state index in [1.54, 1.807) is 24.3 Å². The number of piperazine rings is 1. The van der Waals surface area contributed by atoms with Crippen molar-refractivity contribution >= 4 is 35.2 Å². The minimum absolute atomic E-state index is 0.0171. The highest BCUT2D eigenvalue weighted by Crippen LogP contribution is 2.31. The summed E-state index contributed by atoms with van der Waals surface area (Å²) in [5.74, 6) is 1.91. The molecule has 2 bridgehead atoms. The average Bonchev–Trinajstić information content (AvgIpc) is 3.45. The number of aromatic nitrogens is 3. The Labute approximate surface area is 281 Å². The van der Waals surface area contributed by atoms with Gasteiger partial charge in [0.1, 0.15) is 0 Å². The van der Waals surface area contributed by atoms with E-state index >= 15 is 0 Å². The summed E-state index contributed by atoms with van der Waals surface area (Å²) >= 11 is 0. The van der Waals surface area contributed by atoms with Crippen molar-refractivity contribution < 1.29 is 19.1 Å². The molecule has 4 fully saturated rings. The van der Waals surface area contributed by atoms with Crippen LogP contribution in [0.1, 0.15) is 44.0 Å². The number of morpholine rings is 2. The summed E-state index contributed by atoms with van der Waals surface area (Å²) < 4.78 is 11.7. The predicted octanol–water partition coefficient (Wildman–Crippen LogP) is 3.94. The highest BCUT2D eigenvalue weighted by atomic mass is 16.5. The number of nitrogens with one attached hydrogen (secondary N) is 2. The highest BCUT2D eigenvalue weighted by Gasteiger charge is 2.35. The standard InChI is InChI=1S/C35H45N9O4/c1-23(2)41-14-16-42(17-15-41)32(45)26-6-10-28(11-7-26)37-35(46)36-27-8-4-25(5-9-27)31-38-33(43-20-29-12-13-30(21-43)48-29)40-34(39-31)44-18-19-47-22-24(44)3/h4-11,23-24,29-30H,12-22H2,1-3H3,(H2,36,37,46). The van der Waals surface area contributed by atoms with Crippen LogP contribution in [0.4, 0.5) is 28.1 Å². The topological polar surface area (TPSA) is 128 Å². The molecule has 0 saturated carbocycles. The van der Waals surface area contributed by atoms with Crippen molar-refractivity contribution in [3.63, 3.8) is 0 Å². The molecule has 3 atom stereocenters. The molecule has 3 unspecified atom stereocenters. The second-order valence-electron chi connectivity index (χ2n) is 13.4. The van der Waals surface area contributed by atoms with Crippen molar-refractivity contribution in [1.29, 1.82) is 0 Å². The van der Waals surface area contributed by atoms with Crippen LogP contribution in [-0.4, -0.2) is 120 Å². The maximum atomic E-state index is 13.0. The largest absolute Gasteiger partial charge is 0.377 e. The molecule has 3 aromatic rings. The van der Waals surface area contributed by atoms with Crippen LogP contribution in [0, 0.1) is 0 Å². The zero-order valence-corrected chi connectivity index (χ0v) is 28.0. The van der Waals surface area contributed by atoms with Crippen LogP contribution < -0.4 is 20.4 Å². The van der Waals surface area contributed by atoms with Gasteiger partial charge in [0.25, 0.3) is 5.91 Å². The summed E-state index contributed by atoms with van der Waals surface area (Å²) in [6.07, 6.45) is 2.55. The minimum atomic E-state index is -0.375. The second kappa shape index (κ2) is 14.0. The maximum Gasteiger partial charge on any atom is 0.323 e. The van der Waals surface area contributed by atoms with E-state index in [2.05, 4.69) is 46.1 Å². The molecule has 4 aliphatic heterocycles. The molecule has 3 amide bonds. The van der Waals surface area contributed by atoms with Gasteiger partial charge in [0.15, 0.2) is 5.82 Å². The quantitative estimate of drug-likeness (QED) is 0.386. The van der Waals surface area contributed by atoms with E-state index < -0.39 is 0 Å². The third kappa shape index (κ3) is 7.23. The van der Waals surface area contributed by atoms with Gasteiger partial charge in [0.05, 0.1) is 31.5 Å².